The van der Waals surface area contributed by atoms with Crippen molar-refractivity contribution in [1.29, 1.82) is 0 Å². The van der Waals surface area contributed by atoms with Crippen LogP contribution >= 0.6 is 0 Å². The van der Waals surface area contributed by atoms with Crippen molar-refractivity contribution in [2.45, 2.75) is 65.7 Å². The first kappa shape index (κ1) is 44.6. The minimum absolute atomic E-state index is 0.217. The monoisotopic (exact) mass is 968 g/mol. The Morgan fingerprint density at radius 1 is 0.551 bits per heavy atom. The van der Waals surface area contributed by atoms with Gasteiger partial charge in [-0.2, -0.15) is 0 Å². The van der Waals surface area contributed by atoms with E-state index in [4.69, 9.17) is 37.9 Å². The van der Waals surface area contributed by atoms with Crippen molar-refractivity contribution in [1.82, 2.24) is 0 Å². The number of ether oxygens (including phenoxy) is 8. The van der Waals surface area contributed by atoms with Crippen molar-refractivity contribution in [2.24, 2.45) is 0 Å². The van der Waals surface area contributed by atoms with Gasteiger partial charge in [0.1, 0.15) is 12.7 Å². The number of benzene rings is 3. The maximum Gasteiger partial charge on any atom is 0.340 e. The fraction of sp³-hybridized carbons (Fsp3) is 0.293. The molecule has 1 saturated heterocycles. The normalized spacial score (nSPS) is 31.2. The van der Waals surface area contributed by atoms with Gasteiger partial charge in [0.25, 0.3) is 11.6 Å². The number of rotatable bonds is 2. The molecule has 5 aliphatic heterocycles. The summed E-state index contributed by atoms with van der Waals surface area (Å²) in [4.78, 5) is 98.7. The largest absolute Gasteiger partial charge is 0.504 e. The highest BCUT2D eigenvalue weighted by Crippen LogP contribution is 2.60. The van der Waals surface area contributed by atoms with E-state index < -0.39 is 204 Å². The Hall–Kier alpha value is -8.25. The molecule has 7 aliphatic rings. The van der Waals surface area contributed by atoms with Crippen LogP contribution in [-0.2, 0) is 47.6 Å². The molecule has 0 saturated carbocycles. The summed E-state index contributed by atoms with van der Waals surface area (Å²) in [5, 5.41) is 142. The average molecular weight is 969 g/mol. The van der Waals surface area contributed by atoms with Gasteiger partial charge in [-0.05, 0) is 36.4 Å². The average Bonchev–Trinajstić information content (AvgIpc) is 3.27. The van der Waals surface area contributed by atoms with Crippen LogP contribution in [-0.4, -0.2) is 168 Å². The quantitative estimate of drug-likeness (QED) is 0.0506. The van der Waals surface area contributed by atoms with Gasteiger partial charge >= 0.3 is 41.4 Å². The van der Waals surface area contributed by atoms with Crippen LogP contribution in [0.5, 0.6) is 51.7 Å². The molecule has 3 aromatic carbocycles. The molecule has 0 aromatic heterocycles. The Kier molecular flexibility index (Phi) is 9.14. The van der Waals surface area contributed by atoms with Crippen LogP contribution in [0.25, 0.3) is 0 Å². The summed E-state index contributed by atoms with van der Waals surface area (Å²) < 4.78 is 44.1. The summed E-state index contributed by atoms with van der Waals surface area (Å²) in [5.41, 5.74) is -7.28. The fourth-order valence-electron chi connectivity index (χ4n) is 9.07. The lowest BCUT2D eigenvalue weighted by Gasteiger charge is -2.50. The molecule has 5 heterocycles. The van der Waals surface area contributed by atoms with Gasteiger partial charge in [0.05, 0.1) is 39.7 Å². The van der Waals surface area contributed by atoms with E-state index in [1.807, 2.05) is 0 Å². The van der Waals surface area contributed by atoms with Gasteiger partial charge < -0.3 is 104 Å². The number of carbonyl (C=O) groups excluding carboxylic acids is 7. The van der Waals surface area contributed by atoms with E-state index in [-0.39, 0.29) is 12.2 Å². The van der Waals surface area contributed by atoms with Crippen LogP contribution in [0.1, 0.15) is 54.0 Å². The first-order chi connectivity index (χ1) is 32.2. The molecule has 9 atom stereocenters. The van der Waals surface area contributed by atoms with Crippen LogP contribution in [0.3, 0.4) is 0 Å². The van der Waals surface area contributed by atoms with Crippen molar-refractivity contribution in [3.8, 4) is 51.7 Å². The van der Waals surface area contributed by atoms with E-state index in [1.165, 1.54) is 0 Å². The molecule has 0 radical (unpaired) electrons. The van der Waals surface area contributed by atoms with Crippen molar-refractivity contribution in [3.05, 3.63) is 75.4 Å². The molecular formula is C41H28O28. The second-order valence-electron chi connectivity index (χ2n) is 16.3. The molecule has 10 rings (SSSR count). The summed E-state index contributed by atoms with van der Waals surface area (Å²) in [7, 11) is 0. The van der Waals surface area contributed by atoms with Crippen molar-refractivity contribution in [2.75, 3.05) is 6.61 Å². The molecule has 360 valence electrons. The van der Waals surface area contributed by atoms with Gasteiger partial charge in [0.2, 0.25) is 35.5 Å². The first-order valence-electron chi connectivity index (χ1n) is 19.6. The number of hydrogen-bond donors (Lipinski definition) is 13. The topological polar surface area (TPSA) is 456 Å². The molecule has 28 nitrogen and oxygen atoms in total. The molecule has 28 heteroatoms. The molecule has 0 spiro atoms. The first-order valence-corrected chi connectivity index (χ1v) is 19.6. The van der Waals surface area contributed by atoms with E-state index in [1.54, 1.807) is 0 Å². The second-order valence-corrected chi connectivity index (χ2v) is 16.3. The van der Waals surface area contributed by atoms with E-state index in [0.29, 0.717) is 24.3 Å². The number of phenols is 7. The van der Waals surface area contributed by atoms with Gasteiger partial charge in [-0.1, -0.05) is 0 Å². The van der Waals surface area contributed by atoms with Crippen molar-refractivity contribution < 1.29 is 138 Å². The zero-order valence-corrected chi connectivity index (χ0v) is 33.7. The Balaban J connectivity index is 1.20. The molecule has 0 amide bonds. The Bertz CT molecular complexity index is 3010. The van der Waals surface area contributed by atoms with Gasteiger partial charge in [0.15, 0.2) is 52.5 Å². The summed E-state index contributed by atoms with van der Waals surface area (Å²) in [5.74, 6) is -44.5. The van der Waals surface area contributed by atoms with Gasteiger partial charge in [-0.3, -0.25) is 9.59 Å². The number of aliphatic hydroxyl groups is 6. The van der Waals surface area contributed by atoms with Crippen LogP contribution in [0.4, 0.5) is 0 Å². The molecule has 2 aliphatic carbocycles. The highest BCUT2D eigenvalue weighted by atomic mass is 16.8. The van der Waals surface area contributed by atoms with Crippen LogP contribution in [0, 0.1) is 0 Å². The number of aromatic hydroxyl groups is 7. The summed E-state index contributed by atoms with van der Waals surface area (Å²) in [6.07, 6.45) is -12.1. The summed E-state index contributed by atoms with van der Waals surface area (Å²) in [6.45, 7) is -1.32. The fourth-order valence-corrected chi connectivity index (χ4v) is 9.07. The van der Waals surface area contributed by atoms with Gasteiger partial charge in [-0.15, -0.1) is 0 Å². The number of cyclic esters (lactones) is 1. The van der Waals surface area contributed by atoms with E-state index in [0.717, 1.165) is 0 Å². The standard InChI is InChI=1S/C41H28O28/c42-13-1-8(2-14(43)24(13)48)32(51)67-37-31-30-27(64-35(54)11-5-18(46)41(61)39(58,59)23(11)21-10(34(53)66-31)4-16(45)26(50)29(21)69-41)17(63-37)7-62-33(52)9-3-15(44)25(49)28-20(9)22-12(36(55)65-30)6-19(47)40(60,68-28)38(22,56)57/h1-6,17,22-23,27,30-31,37,42-45,48-50,56-61H,7H2. The number of hydrogen-bond acceptors (Lipinski definition) is 28. The lowest BCUT2D eigenvalue weighted by Crippen LogP contribution is -2.70. The highest BCUT2D eigenvalue weighted by Gasteiger charge is 2.72. The van der Waals surface area contributed by atoms with E-state index >= 15 is 0 Å². The predicted molar refractivity (Wildman–Crippen MR) is 201 cm³/mol. The number of carbonyl (C=O) groups is 7. The van der Waals surface area contributed by atoms with Gasteiger partial charge in [-0.25, -0.2) is 24.0 Å². The molecule has 9 unspecified atom stereocenters. The second kappa shape index (κ2) is 14.1. The maximum atomic E-state index is 14.7. The zero-order chi connectivity index (χ0) is 49.9. The van der Waals surface area contributed by atoms with Gasteiger partial charge in [0, 0.05) is 11.1 Å². The molecule has 13 N–H and O–H groups in total. The summed E-state index contributed by atoms with van der Waals surface area (Å²) >= 11 is 0. The van der Waals surface area contributed by atoms with Crippen molar-refractivity contribution in [3.63, 3.8) is 0 Å². The molecule has 8 bridgehead atoms. The molecule has 3 aromatic rings. The number of esters is 5. The zero-order valence-electron chi connectivity index (χ0n) is 33.7. The third-order valence-corrected chi connectivity index (χ3v) is 12.4. The minimum Gasteiger partial charge on any atom is -0.504 e. The highest BCUT2D eigenvalue weighted by molar-refractivity contribution is 6.10. The maximum absolute atomic E-state index is 14.7. The van der Waals surface area contributed by atoms with E-state index in [2.05, 4.69) is 0 Å². The minimum atomic E-state index is -4.02. The Labute approximate surface area is 378 Å². The van der Waals surface area contributed by atoms with Crippen LogP contribution in [0.15, 0.2) is 47.6 Å². The lowest BCUT2D eigenvalue weighted by molar-refractivity contribution is -0.340. The Morgan fingerprint density at radius 2 is 0.986 bits per heavy atom. The lowest BCUT2D eigenvalue weighted by atomic mass is 9.70. The molecule has 69 heavy (non-hydrogen) atoms. The molecule has 1 fully saturated rings. The van der Waals surface area contributed by atoms with Crippen LogP contribution in [0.2, 0.25) is 0 Å². The third kappa shape index (κ3) is 5.84. The number of phenolic OH excluding ortho intramolecular Hbond substituents is 7. The predicted octanol–water partition coefficient (Wildman–Crippen LogP) is -3.85. The molecular weight excluding hydrogens is 940 g/mol. The Morgan fingerprint density at radius 3 is 1.48 bits per heavy atom. The van der Waals surface area contributed by atoms with Crippen molar-refractivity contribution >= 4 is 41.4 Å². The number of fused-ring (bicyclic) bond motifs is 2. The third-order valence-electron chi connectivity index (χ3n) is 12.4. The SMILES string of the molecule is O=C1OC2C3OC(=O)C4=CC(=O)C5(O)Oc6c(O)c(O)cc(c6C4C5(O)O)C(=O)OC2C(OC(=O)c2cc(O)c(O)c(O)c2)OC3COC(=O)c2cc(O)c(O)c3c2C2C1=CC(=O)C(O)(O3)C2(O)O. The smallest absolute Gasteiger partial charge is 0.340 e. The van der Waals surface area contributed by atoms with E-state index in [9.17, 15) is 99.9 Å². The number of ketones is 2. The van der Waals surface area contributed by atoms with Crippen LogP contribution < -0.4 is 9.47 Å². The summed E-state index contributed by atoms with van der Waals surface area (Å²) in [6, 6.07) is 1.96.